The predicted molar refractivity (Wildman–Crippen MR) is 56.4 cm³/mol. The molecule has 4 heteroatoms. The van der Waals surface area contributed by atoms with Gasteiger partial charge in [0.2, 0.25) is 0 Å². The van der Waals surface area contributed by atoms with E-state index in [0.717, 1.165) is 5.56 Å². The van der Waals surface area contributed by atoms with Crippen molar-refractivity contribution in [3.8, 4) is 0 Å². The summed E-state index contributed by atoms with van der Waals surface area (Å²) in [5.41, 5.74) is 0.183. The molecule has 0 aromatic carbocycles. The molecule has 0 bridgehead atoms. The van der Waals surface area contributed by atoms with Crippen LogP contribution in [0.4, 0.5) is 0 Å². The number of aryl methyl sites for hydroxylation is 1. The SMILES string of the molecule is CCOC(=O)C(C)(C)c1ncc(C)cn1. The zero-order chi connectivity index (χ0) is 11.5. The average Bonchev–Trinajstić information content (AvgIpc) is 2.18. The molecule has 1 rings (SSSR count). The highest BCUT2D eigenvalue weighted by atomic mass is 16.5. The zero-order valence-electron chi connectivity index (χ0n) is 9.57. The van der Waals surface area contributed by atoms with Gasteiger partial charge in [0.05, 0.1) is 6.61 Å². The molecule has 15 heavy (non-hydrogen) atoms. The summed E-state index contributed by atoms with van der Waals surface area (Å²) in [7, 11) is 0. The Labute approximate surface area is 89.7 Å². The van der Waals surface area contributed by atoms with E-state index in [1.165, 1.54) is 0 Å². The molecule has 1 aromatic rings. The normalized spacial score (nSPS) is 11.2. The minimum atomic E-state index is -0.788. The Morgan fingerprint density at radius 3 is 2.40 bits per heavy atom. The van der Waals surface area contributed by atoms with Crippen LogP contribution >= 0.6 is 0 Å². The molecular formula is C11H16N2O2. The van der Waals surface area contributed by atoms with Gasteiger partial charge in [-0.1, -0.05) is 0 Å². The summed E-state index contributed by atoms with van der Waals surface area (Å²) >= 11 is 0. The molecule has 1 heterocycles. The smallest absolute Gasteiger partial charge is 0.319 e. The van der Waals surface area contributed by atoms with Crippen LogP contribution < -0.4 is 0 Å². The van der Waals surface area contributed by atoms with Crippen LogP contribution in [-0.4, -0.2) is 22.5 Å². The van der Waals surface area contributed by atoms with Crippen molar-refractivity contribution in [1.29, 1.82) is 0 Å². The standard InChI is InChI=1S/C11H16N2O2/c1-5-15-10(14)11(3,4)9-12-6-8(2)7-13-9/h6-7H,5H2,1-4H3. The van der Waals surface area contributed by atoms with Gasteiger partial charge in [0.1, 0.15) is 11.2 Å². The van der Waals surface area contributed by atoms with E-state index >= 15 is 0 Å². The van der Waals surface area contributed by atoms with Gasteiger partial charge in [-0.2, -0.15) is 0 Å². The summed E-state index contributed by atoms with van der Waals surface area (Å²) in [6.45, 7) is 7.57. The van der Waals surface area contributed by atoms with Crippen molar-refractivity contribution in [2.45, 2.75) is 33.1 Å². The number of hydrogen-bond acceptors (Lipinski definition) is 4. The number of esters is 1. The third-order valence-corrected chi connectivity index (χ3v) is 2.13. The molecule has 0 spiro atoms. The van der Waals surface area contributed by atoms with Crippen molar-refractivity contribution in [1.82, 2.24) is 9.97 Å². The zero-order valence-corrected chi connectivity index (χ0v) is 9.57. The lowest BCUT2D eigenvalue weighted by atomic mass is 9.92. The van der Waals surface area contributed by atoms with Crippen LogP contribution in [0.3, 0.4) is 0 Å². The maximum Gasteiger partial charge on any atom is 0.319 e. The van der Waals surface area contributed by atoms with E-state index < -0.39 is 5.41 Å². The predicted octanol–water partition coefficient (Wildman–Crippen LogP) is 1.63. The van der Waals surface area contributed by atoms with Crippen LogP contribution in [0.1, 0.15) is 32.2 Å². The quantitative estimate of drug-likeness (QED) is 0.708. The van der Waals surface area contributed by atoms with Crippen molar-refractivity contribution in [3.63, 3.8) is 0 Å². The molecule has 82 valence electrons. The molecule has 0 radical (unpaired) electrons. The summed E-state index contributed by atoms with van der Waals surface area (Å²) < 4.78 is 4.97. The van der Waals surface area contributed by atoms with Gasteiger partial charge in [0.15, 0.2) is 0 Å². The van der Waals surface area contributed by atoms with Crippen molar-refractivity contribution < 1.29 is 9.53 Å². The van der Waals surface area contributed by atoms with Crippen LogP contribution in [0, 0.1) is 6.92 Å². The second-order valence-corrected chi connectivity index (χ2v) is 3.93. The Bertz CT molecular complexity index is 344. The Kier molecular flexibility index (Phi) is 3.39. The van der Waals surface area contributed by atoms with Gasteiger partial charge < -0.3 is 4.74 Å². The highest BCUT2D eigenvalue weighted by Crippen LogP contribution is 2.20. The maximum absolute atomic E-state index is 11.6. The van der Waals surface area contributed by atoms with Crippen molar-refractivity contribution in [2.24, 2.45) is 0 Å². The van der Waals surface area contributed by atoms with Crippen LogP contribution in [0.15, 0.2) is 12.4 Å². The molecule has 0 amide bonds. The molecule has 0 aliphatic carbocycles. The molecule has 1 aromatic heterocycles. The summed E-state index contributed by atoms with van der Waals surface area (Å²) in [4.78, 5) is 19.9. The number of hydrogen-bond donors (Lipinski definition) is 0. The van der Waals surface area contributed by atoms with E-state index in [0.29, 0.717) is 12.4 Å². The highest BCUT2D eigenvalue weighted by molar-refractivity contribution is 5.80. The first-order valence-corrected chi connectivity index (χ1v) is 4.94. The number of nitrogens with zero attached hydrogens (tertiary/aromatic N) is 2. The number of carbonyl (C=O) groups is 1. The van der Waals surface area contributed by atoms with Crippen LogP contribution in [0.5, 0.6) is 0 Å². The van der Waals surface area contributed by atoms with E-state index in [4.69, 9.17) is 4.74 Å². The van der Waals surface area contributed by atoms with Gasteiger partial charge in [-0.15, -0.1) is 0 Å². The van der Waals surface area contributed by atoms with Gasteiger partial charge in [0, 0.05) is 12.4 Å². The van der Waals surface area contributed by atoms with Gasteiger partial charge >= 0.3 is 5.97 Å². The number of carbonyl (C=O) groups excluding carboxylic acids is 1. The van der Waals surface area contributed by atoms with Gasteiger partial charge in [-0.25, -0.2) is 9.97 Å². The molecular weight excluding hydrogens is 192 g/mol. The van der Waals surface area contributed by atoms with Crippen molar-refractivity contribution >= 4 is 5.97 Å². The topological polar surface area (TPSA) is 52.1 Å². The van der Waals surface area contributed by atoms with E-state index in [-0.39, 0.29) is 5.97 Å². The summed E-state index contributed by atoms with van der Waals surface area (Å²) in [6.07, 6.45) is 3.40. The van der Waals surface area contributed by atoms with Crippen LogP contribution in [0.25, 0.3) is 0 Å². The fourth-order valence-electron chi connectivity index (χ4n) is 1.12. The fraction of sp³-hybridized carbons (Fsp3) is 0.545. The van der Waals surface area contributed by atoms with E-state index in [2.05, 4.69) is 9.97 Å². The molecule has 0 N–H and O–H groups in total. The van der Waals surface area contributed by atoms with Gasteiger partial charge in [-0.3, -0.25) is 4.79 Å². The largest absolute Gasteiger partial charge is 0.465 e. The van der Waals surface area contributed by atoms with E-state index in [9.17, 15) is 4.79 Å². The third-order valence-electron chi connectivity index (χ3n) is 2.13. The third kappa shape index (κ3) is 2.52. The first-order valence-electron chi connectivity index (χ1n) is 4.94. The number of rotatable bonds is 3. The Hall–Kier alpha value is -1.45. The van der Waals surface area contributed by atoms with Gasteiger partial charge in [0.25, 0.3) is 0 Å². The summed E-state index contributed by atoms with van der Waals surface area (Å²) in [5, 5.41) is 0. The molecule has 0 fully saturated rings. The molecule has 0 saturated carbocycles. The second-order valence-electron chi connectivity index (χ2n) is 3.93. The lowest BCUT2D eigenvalue weighted by molar-refractivity contribution is -0.149. The number of ether oxygens (including phenoxy) is 1. The molecule has 0 aliphatic heterocycles. The monoisotopic (exact) mass is 208 g/mol. The second kappa shape index (κ2) is 4.38. The maximum atomic E-state index is 11.6. The fourth-order valence-corrected chi connectivity index (χ4v) is 1.12. The van der Waals surface area contributed by atoms with Gasteiger partial charge in [-0.05, 0) is 33.3 Å². The molecule has 0 saturated heterocycles. The van der Waals surface area contributed by atoms with Crippen molar-refractivity contribution in [2.75, 3.05) is 6.61 Å². The molecule has 0 atom stereocenters. The summed E-state index contributed by atoms with van der Waals surface area (Å²) in [6, 6.07) is 0. The Balaban J connectivity index is 2.94. The summed E-state index contributed by atoms with van der Waals surface area (Å²) in [5.74, 6) is 0.195. The Morgan fingerprint density at radius 1 is 1.40 bits per heavy atom. The highest BCUT2D eigenvalue weighted by Gasteiger charge is 2.34. The number of aromatic nitrogens is 2. The van der Waals surface area contributed by atoms with Crippen LogP contribution in [0.2, 0.25) is 0 Å². The lowest BCUT2D eigenvalue weighted by Gasteiger charge is -2.20. The minimum absolute atomic E-state index is 0.297. The van der Waals surface area contributed by atoms with E-state index in [1.807, 2.05) is 6.92 Å². The molecule has 0 unspecified atom stereocenters. The molecule has 0 aliphatic rings. The lowest BCUT2D eigenvalue weighted by Crippen LogP contribution is -2.33. The molecule has 4 nitrogen and oxygen atoms in total. The van der Waals surface area contributed by atoms with E-state index in [1.54, 1.807) is 33.2 Å². The van der Waals surface area contributed by atoms with Crippen molar-refractivity contribution in [3.05, 3.63) is 23.8 Å². The Morgan fingerprint density at radius 2 is 1.93 bits per heavy atom. The van der Waals surface area contributed by atoms with Crippen LogP contribution in [-0.2, 0) is 14.9 Å². The average molecular weight is 208 g/mol. The first-order chi connectivity index (χ1) is 6.98. The minimum Gasteiger partial charge on any atom is -0.465 e. The first kappa shape index (κ1) is 11.6.